The van der Waals surface area contributed by atoms with E-state index in [-0.39, 0.29) is 0 Å². The summed E-state index contributed by atoms with van der Waals surface area (Å²) in [4.78, 5) is 5.15. The van der Waals surface area contributed by atoms with Crippen molar-refractivity contribution in [3.8, 4) is 0 Å². The zero-order valence-corrected chi connectivity index (χ0v) is 10.3. The second-order valence-electron chi connectivity index (χ2n) is 4.96. The van der Waals surface area contributed by atoms with Gasteiger partial charge in [-0.15, -0.1) is 0 Å². The van der Waals surface area contributed by atoms with Crippen molar-refractivity contribution in [3.05, 3.63) is 0 Å². The minimum absolute atomic E-state index is 0.778. The van der Waals surface area contributed by atoms with Gasteiger partial charge in [-0.3, -0.25) is 4.90 Å². The van der Waals surface area contributed by atoms with Crippen molar-refractivity contribution in [3.63, 3.8) is 0 Å². The molecule has 0 bridgehead atoms. The Morgan fingerprint density at radius 2 is 2.00 bits per heavy atom. The molecule has 1 aliphatic rings. The number of likely N-dealkylation sites (N-methyl/N-ethyl adjacent to an activating group) is 1. The molecule has 0 saturated carbocycles. The van der Waals surface area contributed by atoms with Crippen LogP contribution in [-0.2, 0) is 0 Å². The molecule has 14 heavy (non-hydrogen) atoms. The van der Waals surface area contributed by atoms with Crippen molar-refractivity contribution < 1.29 is 0 Å². The van der Waals surface area contributed by atoms with E-state index in [1.807, 2.05) is 0 Å². The third-order valence-corrected chi connectivity index (χ3v) is 3.31. The zero-order chi connectivity index (χ0) is 10.6. The van der Waals surface area contributed by atoms with E-state index < -0.39 is 0 Å². The molecule has 1 fully saturated rings. The molecule has 0 spiro atoms. The van der Waals surface area contributed by atoms with E-state index in [2.05, 4.69) is 37.6 Å². The molecule has 84 valence electrons. The predicted molar refractivity (Wildman–Crippen MR) is 62.6 cm³/mol. The number of nitrogens with zero attached hydrogens (tertiary/aromatic N) is 2. The maximum atomic E-state index is 2.69. The average molecular weight is 198 g/mol. The molecule has 0 radical (unpaired) electrons. The van der Waals surface area contributed by atoms with Crippen molar-refractivity contribution in [2.24, 2.45) is 5.92 Å². The van der Waals surface area contributed by atoms with Crippen LogP contribution in [-0.4, -0.2) is 49.1 Å². The summed E-state index contributed by atoms with van der Waals surface area (Å²) in [5, 5.41) is 0. The lowest BCUT2D eigenvalue weighted by atomic mass is 9.99. The van der Waals surface area contributed by atoms with Crippen LogP contribution in [0.25, 0.3) is 0 Å². The normalized spacial score (nSPS) is 25.9. The van der Waals surface area contributed by atoms with Gasteiger partial charge < -0.3 is 4.90 Å². The highest BCUT2D eigenvalue weighted by Gasteiger charge is 2.26. The Hall–Kier alpha value is -0.0800. The van der Waals surface area contributed by atoms with Gasteiger partial charge in [0.05, 0.1) is 0 Å². The SMILES string of the molecule is CCCCN1CCN(C)CC1C(C)C. The molecule has 2 heteroatoms. The van der Waals surface area contributed by atoms with Crippen LogP contribution in [0.15, 0.2) is 0 Å². The highest BCUT2D eigenvalue weighted by molar-refractivity contribution is 4.82. The largest absolute Gasteiger partial charge is 0.304 e. The van der Waals surface area contributed by atoms with E-state index in [1.54, 1.807) is 0 Å². The summed E-state index contributed by atoms with van der Waals surface area (Å²) < 4.78 is 0. The van der Waals surface area contributed by atoms with E-state index in [9.17, 15) is 0 Å². The fourth-order valence-electron chi connectivity index (χ4n) is 2.26. The highest BCUT2D eigenvalue weighted by atomic mass is 15.3. The Balaban J connectivity index is 2.45. The molecule has 1 rings (SSSR count). The minimum Gasteiger partial charge on any atom is -0.304 e. The first-order valence-electron chi connectivity index (χ1n) is 6.07. The molecule has 1 heterocycles. The predicted octanol–water partition coefficient (Wildman–Crippen LogP) is 2.06. The van der Waals surface area contributed by atoms with Gasteiger partial charge in [-0.2, -0.15) is 0 Å². The number of hydrogen-bond acceptors (Lipinski definition) is 2. The number of piperazine rings is 1. The van der Waals surface area contributed by atoms with Crippen LogP contribution in [0.2, 0.25) is 0 Å². The molecule has 0 aromatic carbocycles. The summed E-state index contributed by atoms with van der Waals surface area (Å²) in [6, 6.07) is 0.778. The first kappa shape index (κ1) is 12.0. The Bertz CT molecular complexity index is 154. The zero-order valence-electron chi connectivity index (χ0n) is 10.3. The molecule has 1 saturated heterocycles. The van der Waals surface area contributed by atoms with E-state index in [0.29, 0.717) is 0 Å². The molecule has 0 amide bonds. The summed E-state index contributed by atoms with van der Waals surface area (Å²) >= 11 is 0. The molecule has 0 aromatic heterocycles. The summed E-state index contributed by atoms with van der Waals surface area (Å²) in [5.41, 5.74) is 0. The summed E-state index contributed by atoms with van der Waals surface area (Å²) in [5.74, 6) is 0.787. The van der Waals surface area contributed by atoms with Crippen molar-refractivity contribution in [2.75, 3.05) is 33.2 Å². The van der Waals surface area contributed by atoms with Gasteiger partial charge in [0.1, 0.15) is 0 Å². The lowest BCUT2D eigenvalue weighted by Gasteiger charge is -2.42. The quantitative estimate of drug-likeness (QED) is 0.682. The van der Waals surface area contributed by atoms with E-state index in [4.69, 9.17) is 0 Å². The maximum Gasteiger partial charge on any atom is 0.0246 e. The Labute approximate surface area is 89.3 Å². The van der Waals surface area contributed by atoms with E-state index in [0.717, 1.165) is 12.0 Å². The molecule has 1 unspecified atom stereocenters. The first-order chi connectivity index (χ1) is 6.65. The third kappa shape index (κ3) is 3.25. The van der Waals surface area contributed by atoms with Crippen LogP contribution >= 0.6 is 0 Å². The van der Waals surface area contributed by atoms with Crippen LogP contribution in [0.1, 0.15) is 33.6 Å². The lowest BCUT2D eigenvalue weighted by molar-refractivity contribution is 0.0622. The van der Waals surface area contributed by atoms with Gasteiger partial charge in [0, 0.05) is 25.7 Å². The van der Waals surface area contributed by atoms with Gasteiger partial charge >= 0.3 is 0 Å². The second kappa shape index (κ2) is 5.72. The van der Waals surface area contributed by atoms with Gasteiger partial charge in [-0.1, -0.05) is 27.2 Å². The van der Waals surface area contributed by atoms with E-state index in [1.165, 1.54) is 39.0 Å². The third-order valence-electron chi connectivity index (χ3n) is 3.31. The fourth-order valence-corrected chi connectivity index (χ4v) is 2.26. The smallest absolute Gasteiger partial charge is 0.0246 e. The van der Waals surface area contributed by atoms with Crippen LogP contribution < -0.4 is 0 Å². The van der Waals surface area contributed by atoms with Crippen LogP contribution in [0.4, 0.5) is 0 Å². The van der Waals surface area contributed by atoms with Crippen molar-refractivity contribution in [1.82, 2.24) is 9.80 Å². The Morgan fingerprint density at radius 1 is 1.29 bits per heavy atom. The molecular formula is C12H26N2. The highest BCUT2D eigenvalue weighted by Crippen LogP contribution is 2.16. The number of hydrogen-bond donors (Lipinski definition) is 0. The van der Waals surface area contributed by atoms with Crippen LogP contribution in [0, 0.1) is 5.92 Å². The van der Waals surface area contributed by atoms with E-state index >= 15 is 0 Å². The van der Waals surface area contributed by atoms with Crippen LogP contribution in [0.3, 0.4) is 0 Å². The maximum absolute atomic E-state index is 2.69. The van der Waals surface area contributed by atoms with Crippen molar-refractivity contribution in [1.29, 1.82) is 0 Å². The first-order valence-corrected chi connectivity index (χ1v) is 6.07. The Kier molecular flexibility index (Phi) is 4.90. The van der Waals surface area contributed by atoms with Gasteiger partial charge in [0.2, 0.25) is 0 Å². The number of unbranched alkanes of at least 4 members (excludes halogenated alkanes) is 1. The summed E-state index contributed by atoms with van der Waals surface area (Å²) in [6.07, 6.45) is 2.67. The van der Waals surface area contributed by atoms with Crippen molar-refractivity contribution in [2.45, 2.75) is 39.7 Å². The summed E-state index contributed by atoms with van der Waals surface area (Å²) in [6.45, 7) is 12.0. The molecular weight excluding hydrogens is 172 g/mol. The standard InChI is InChI=1S/C12H26N2/c1-5-6-7-14-9-8-13(4)10-12(14)11(2)3/h11-12H,5-10H2,1-4H3. The van der Waals surface area contributed by atoms with Gasteiger partial charge in [0.25, 0.3) is 0 Å². The van der Waals surface area contributed by atoms with Gasteiger partial charge in [-0.25, -0.2) is 0 Å². The van der Waals surface area contributed by atoms with Crippen LogP contribution in [0.5, 0.6) is 0 Å². The van der Waals surface area contributed by atoms with Crippen molar-refractivity contribution >= 4 is 0 Å². The lowest BCUT2D eigenvalue weighted by Crippen LogP contribution is -2.54. The minimum atomic E-state index is 0.778. The molecule has 2 nitrogen and oxygen atoms in total. The topological polar surface area (TPSA) is 6.48 Å². The van der Waals surface area contributed by atoms with Gasteiger partial charge in [0.15, 0.2) is 0 Å². The molecule has 0 aromatic rings. The molecule has 1 aliphatic heterocycles. The Morgan fingerprint density at radius 3 is 2.57 bits per heavy atom. The van der Waals surface area contributed by atoms with Gasteiger partial charge in [-0.05, 0) is 25.9 Å². The molecule has 1 atom stereocenters. The monoisotopic (exact) mass is 198 g/mol. The second-order valence-corrected chi connectivity index (χ2v) is 4.96. The summed E-state index contributed by atoms with van der Waals surface area (Å²) in [7, 11) is 2.24. The fraction of sp³-hybridized carbons (Fsp3) is 1.00. The number of rotatable bonds is 4. The molecule has 0 aliphatic carbocycles. The average Bonchev–Trinajstić information content (AvgIpc) is 2.15. The molecule has 0 N–H and O–H groups in total.